The Morgan fingerprint density at radius 2 is 1.06 bits per heavy atom. The zero-order chi connectivity index (χ0) is 35.4. The van der Waals surface area contributed by atoms with Gasteiger partial charge in [0.25, 0.3) is 0 Å². The minimum atomic E-state index is -4.37. The fraction of sp³-hybridized carbons (Fsp3) is 0.842. The lowest BCUT2D eigenvalue weighted by atomic mass is 10.0. The summed E-state index contributed by atoms with van der Waals surface area (Å²) in [5, 5.41) is 0. The topological polar surface area (TPSA) is 134 Å². The molecule has 0 bridgehead atoms. The lowest BCUT2D eigenvalue weighted by molar-refractivity contribution is -0.161. The van der Waals surface area contributed by atoms with Crippen molar-refractivity contribution >= 4 is 19.8 Å². The van der Waals surface area contributed by atoms with E-state index in [1.54, 1.807) is 0 Å². The standard InChI is InChI=1S/C38H72NO8P/c1-3-5-7-9-11-13-15-17-18-19-21-22-24-26-28-30-37(40)44-34-36(35-46-48(42,43)45-33-32-39)47-38(41)31-29-27-25-23-20-16-14-12-10-8-6-4-2/h13,15,17-18,36H,3-12,14,16,19-35,39H2,1-2H3,(H,42,43)/b15-13+,18-17+/t36-/m1/s1. The Hall–Kier alpha value is -1.51. The van der Waals surface area contributed by atoms with Gasteiger partial charge in [-0.1, -0.05) is 147 Å². The number of phosphoric acid groups is 1. The van der Waals surface area contributed by atoms with Crippen LogP contribution in [0.4, 0.5) is 0 Å². The summed E-state index contributed by atoms with van der Waals surface area (Å²) in [7, 11) is -4.37. The van der Waals surface area contributed by atoms with Gasteiger partial charge >= 0.3 is 19.8 Å². The van der Waals surface area contributed by atoms with Crippen molar-refractivity contribution in [2.24, 2.45) is 5.73 Å². The summed E-state index contributed by atoms with van der Waals surface area (Å²) in [5.74, 6) is -0.844. The molecule has 0 spiro atoms. The van der Waals surface area contributed by atoms with Crippen LogP contribution in [0.15, 0.2) is 24.3 Å². The van der Waals surface area contributed by atoms with Gasteiger partial charge in [-0.3, -0.25) is 18.6 Å². The number of ether oxygens (including phenoxy) is 2. The van der Waals surface area contributed by atoms with Crippen LogP contribution in [0.2, 0.25) is 0 Å². The van der Waals surface area contributed by atoms with Crippen LogP contribution in [0.25, 0.3) is 0 Å². The molecule has 0 heterocycles. The van der Waals surface area contributed by atoms with Gasteiger partial charge in [0.15, 0.2) is 6.10 Å². The molecule has 0 saturated heterocycles. The first kappa shape index (κ1) is 46.5. The Bertz CT molecular complexity index is 851. The second kappa shape index (κ2) is 35.3. The number of allylic oxidation sites excluding steroid dienone is 4. The normalized spacial score (nSPS) is 13.7. The van der Waals surface area contributed by atoms with Crippen LogP contribution in [-0.2, 0) is 32.7 Å². The molecule has 0 saturated carbocycles. The highest BCUT2D eigenvalue weighted by molar-refractivity contribution is 7.47. The van der Waals surface area contributed by atoms with Crippen LogP contribution in [-0.4, -0.2) is 49.3 Å². The highest BCUT2D eigenvalue weighted by atomic mass is 31.2. The number of carbonyl (C=O) groups is 2. The van der Waals surface area contributed by atoms with Crippen LogP contribution < -0.4 is 5.73 Å². The van der Waals surface area contributed by atoms with Crippen molar-refractivity contribution in [3.63, 3.8) is 0 Å². The van der Waals surface area contributed by atoms with Crippen molar-refractivity contribution in [2.45, 2.75) is 180 Å². The maximum absolute atomic E-state index is 12.5. The molecule has 0 radical (unpaired) electrons. The monoisotopic (exact) mass is 701 g/mol. The molecule has 9 nitrogen and oxygen atoms in total. The van der Waals surface area contributed by atoms with E-state index < -0.39 is 32.5 Å². The van der Waals surface area contributed by atoms with Crippen molar-refractivity contribution in [1.82, 2.24) is 0 Å². The van der Waals surface area contributed by atoms with Gasteiger partial charge in [-0.05, 0) is 38.5 Å². The Balaban J connectivity index is 4.23. The van der Waals surface area contributed by atoms with Gasteiger partial charge in [0.2, 0.25) is 0 Å². The van der Waals surface area contributed by atoms with Crippen LogP contribution in [0, 0.1) is 0 Å². The molecule has 2 atom stereocenters. The number of carbonyl (C=O) groups excluding carboxylic acids is 2. The number of phosphoric ester groups is 1. The summed E-state index contributed by atoms with van der Waals surface area (Å²) in [6, 6.07) is 0. The molecule has 48 heavy (non-hydrogen) atoms. The van der Waals surface area contributed by atoms with Gasteiger partial charge in [0, 0.05) is 19.4 Å². The highest BCUT2D eigenvalue weighted by Crippen LogP contribution is 2.43. The molecule has 0 rings (SSSR count). The van der Waals surface area contributed by atoms with E-state index in [0.29, 0.717) is 12.8 Å². The fourth-order valence-corrected chi connectivity index (χ4v) is 5.98. The van der Waals surface area contributed by atoms with Crippen LogP contribution in [0.1, 0.15) is 174 Å². The SMILES string of the molecule is CCCCCC/C=C/C=C/CCCCCCCC(=O)OC[C@H](COP(=O)(O)OCCN)OC(=O)CCCCCCCCCCCCCC. The third-order valence-corrected chi connectivity index (χ3v) is 9.10. The Morgan fingerprint density at radius 1 is 0.625 bits per heavy atom. The molecule has 0 aromatic heterocycles. The van der Waals surface area contributed by atoms with Crippen LogP contribution >= 0.6 is 7.82 Å². The average Bonchev–Trinajstić information content (AvgIpc) is 3.07. The third-order valence-electron chi connectivity index (χ3n) is 8.12. The first-order chi connectivity index (χ1) is 23.3. The second-order valence-corrected chi connectivity index (χ2v) is 14.3. The van der Waals surface area contributed by atoms with Gasteiger partial charge in [-0.2, -0.15) is 0 Å². The summed E-state index contributed by atoms with van der Waals surface area (Å²) in [6.07, 6.45) is 34.9. The first-order valence-electron chi connectivity index (χ1n) is 19.3. The summed E-state index contributed by atoms with van der Waals surface area (Å²) in [4.78, 5) is 34.7. The van der Waals surface area contributed by atoms with E-state index in [-0.39, 0.29) is 32.6 Å². The van der Waals surface area contributed by atoms with Gasteiger partial charge < -0.3 is 20.1 Å². The Morgan fingerprint density at radius 3 is 1.56 bits per heavy atom. The first-order valence-corrected chi connectivity index (χ1v) is 20.8. The molecule has 10 heteroatoms. The summed E-state index contributed by atoms with van der Waals surface area (Å²) < 4.78 is 32.6. The van der Waals surface area contributed by atoms with Crippen molar-refractivity contribution in [2.75, 3.05) is 26.4 Å². The van der Waals surface area contributed by atoms with E-state index in [2.05, 4.69) is 38.2 Å². The highest BCUT2D eigenvalue weighted by Gasteiger charge is 2.25. The maximum Gasteiger partial charge on any atom is 0.472 e. The fourth-order valence-electron chi connectivity index (χ4n) is 5.21. The van der Waals surface area contributed by atoms with Gasteiger partial charge in [-0.25, -0.2) is 4.57 Å². The van der Waals surface area contributed by atoms with E-state index >= 15 is 0 Å². The van der Waals surface area contributed by atoms with Gasteiger partial charge in [-0.15, -0.1) is 0 Å². The summed E-state index contributed by atoms with van der Waals surface area (Å²) >= 11 is 0. The average molecular weight is 702 g/mol. The van der Waals surface area contributed by atoms with E-state index in [1.165, 1.54) is 83.5 Å². The molecule has 0 aliphatic carbocycles. The molecule has 3 N–H and O–H groups in total. The second-order valence-electron chi connectivity index (χ2n) is 12.8. The Labute approximate surface area is 293 Å². The molecule has 0 aromatic rings. The quantitative estimate of drug-likeness (QED) is 0.0283. The number of hydrogen-bond acceptors (Lipinski definition) is 8. The number of hydrogen-bond donors (Lipinski definition) is 2. The van der Waals surface area contributed by atoms with Crippen molar-refractivity contribution in [1.29, 1.82) is 0 Å². The number of nitrogens with two attached hydrogens (primary N) is 1. The van der Waals surface area contributed by atoms with Crippen LogP contribution in [0.5, 0.6) is 0 Å². The third kappa shape index (κ3) is 34.4. The zero-order valence-corrected chi connectivity index (χ0v) is 31.6. The van der Waals surface area contributed by atoms with Gasteiger partial charge in [0.1, 0.15) is 6.61 Å². The lowest BCUT2D eigenvalue weighted by Crippen LogP contribution is -2.29. The van der Waals surface area contributed by atoms with E-state index in [0.717, 1.165) is 51.4 Å². The smallest absolute Gasteiger partial charge is 0.462 e. The minimum Gasteiger partial charge on any atom is -0.462 e. The molecule has 1 unspecified atom stereocenters. The molecule has 0 amide bonds. The number of esters is 2. The predicted molar refractivity (Wildman–Crippen MR) is 197 cm³/mol. The van der Waals surface area contributed by atoms with E-state index in [1.807, 2.05) is 0 Å². The van der Waals surface area contributed by atoms with Crippen molar-refractivity contribution in [3.05, 3.63) is 24.3 Å². The Kier molecular flexibility index (Phi) is 34.2. The summed E-state index contributed by atoms with van der Waals surface area (Å²) in [5.41, 5.74) is 5.33. The molecule has 0 aliphatic rings. The molecular weight excluding hydrogens is 629 g/mol. The molecule has 282 valence electrons. The lowest BCUT2D eigenvalue weighted by Gasteiger charge is -2.19. The zero-order valence-electron chi connectivity index (χ0n) is 30.7. The molecule has 0 fully saturated rings. The van der Waals surface area contributed by atoms with Crippen molar-refractivity contribution in [3.8, 4) is 0 Å². The van der Waals surface area contributed by atoms with Gasteiger partial charge in [0.05, 0.1) is 13.2 Å². The van der Waals surface area contributed by atoms with Crippen LogP contribution in [0.3, 0.4) is 0 Å². The predicted octanol–water partition coefficient (Wildman–Crippen LogP) is 10.4. The minimum absolute atomic E-state index is 0.0525. The largest absolute Gasteiger partial charge is 0.472 e. The number of unbranched alkanes of at least 4 members (excludes halogenated alkanes) is 20. The molecule has 0 aromatic carbocycles. The van der Waals surface area contributed by atoms with Crippen molar-refractivity contribution < 1.29 is 37.6 Å². The van der Waals surface area contributed by atoms with E-state index in [9.17, 15) is 19.0 Å². The maximum atomic E-state index is 12.5. The molecular formula is C38H72NO8P. The summed E-state index contributed by atoms with van der Waals surface area (Å²) in [6.45, 7) is 3.68. The van der Waals surface area contributed by atoms with E-state index in [4.69, 9.17) is 24.3 Å². The number of rotatable bonds is 36. The molecule has 0 aliphatic heterocycles.